The van der Waals surface area contributed by atoms with Crippen LogP contribution in [0.5, 0.6) is 0 Å². The van der Waals surface area contributed by atoms with E-state index in [0.29, 0.717) is 22.3 Å². The lowest BCUT2D eigenvalue weighted by atomic mass is 9.95. The lowest BCUT2D eigenvalue weighted by molar-refractivity contribution is 0.0963. The van der Waals surface area contributed by atoms with Crippen LogP contribution >= 0.6 is 14.5 Å². The standard InChI is InChI=1S/C28H31O5P2/c1-18-14-20(3)26(21(4)15-18)25(29)12-13-33-34(31)35(32,24-10-8-7-9-11-24)28(30)27-22(5)16-19(2)17-23(27)6/h7-11,14-17H,12-13H2,1-6H3/q+1. The third-order valence-corrected chi connectivity index (χ3v) is 11.6. The molecule has 0 heterocycles. The van der Waals surface area contributed by atoms with E-state index >= 15 is 0 Å². The maximum Gasteiger partial charge on any atom is 0.572 e. The fraction of sp³-hybridized carbons (Fsp3) is 0.286. The Morgan fingerprint density at radius 1 is 0.771 bits per heavy atom. The fourth-order valence-corrected chi connectivity index (χ4v) is 9.28. The number of rotatable bonds is 9. The van der Waals surface area contributed by atoms with Crippen molar-refractivity contribution in [1.29, 1.82) is 0 Å². The predicted octanol–water partition coefficient (Wildman–Crippen LogP) is 7.31. The molecular weight excluding hydrogens is 478 g/mol. The van der Waals surface area contributed by atoms with Crippen LogP contribution in [0.1, 0.15) is 60.5 Å². The molecule has 0 saturated heterocycles. The van der Waals surface area contributed by atoms with Gasteiger partial charge in [-0.1, -0.05) is 53.6 Å². The first-order valence-electron chi connectivity index (χ1n) is 11.5. The second-order valence-corrected chi connectivity index (χ2v) is 14.5. The average Bonchev–Trinajstić information content (AvgIpc) is 2.77. The summed E-state index contributed by atoms with van der Waals surface area (Å²) in [5.74, 6) is -0.144. The molecule has 7 heteroatoms. The van der Waals surface area contributed by atoms with Gasteiger partial charge >= 0.3 is 14.5 Å². The van der Waals surface area contributed by atoms with Gasteiger partial charge < -0.3 is 0 Å². The van der Waals surface area contributed by atoms with Gasteiger partial charge in [-0.3, -0.25) is 14.2 Å². The van der Waals surface area contributed by atoms with Crippen LogP contribution in [0.25, 0.3) is 0 Å². The van der Waals surface area contributed by atoms with Gasteiger partial charge in [0, 0.05) is 17.5 Å². The van der Waals surface area contributed by atoms with Gasteiger partial charge in [0.1, 0.15) is 6.61 Å². The van der Waals surface area contributed by atoms with Gasteiger partial charge in [-0.2, -0.15) is 0 Å². The van der Waals surface area contributed by atoms with E-state index in [0.717, 1.165) is 22.3 Å². The van der Waals surface area contributed by atoms with Crippen molar-refractivity contribution in [2.24, 2.45) is 0 Å². The van der Waals surface area contributed by atoms with Crippen LogP contribution in [-0.4, -0.2) is 17.9 Å². The summed E-state index contributed by atoms with van der Waals surface area (Å²) in [7, 11) is -2.91. The molecular formula is C28H31O5P2+. The van der Waals surface area contributed by atoms with Crippen molar-refractivity contribution in [3.05, 3.63) is 99.1 Å². The van der Waals surface area contributed by atoms with E-state index in [-0.39, 0.29) is 24.1 Å². The van der Waals surface area contributed by atoms with Crippen LogP contribution in [0.4, 0.5) is 0 Å². The summed E-state index contributed by atoms with van der Waals surface area (Å²) in [5, 5.41) is 0.182. The number of carbonyl (C=O) groups is 2. The molecule has 3 aromatic rings. The van der Waals surface area contributed by atoms with Crippen LogP contribution in [0.2, 0.25) is 0 Å². The molecule has 0 spiro atoms. The second-order valence-electron chi connectivity index (χ2n) is 9.01. The SMILES string of the molecule is Cc1cc(C)c(C(=O)CCO[P+](=O)P(=O)(C(=O)c2c(C)cc(C)cc2C)c2ccccc2)c(C)c1. The molecule has 0 aliphatic carbocycles. The van der Waals surface area contributed by atoms with Crippen LogP contribution < -0.4 is 5.30 Å². The van der Waals surface area contributed by atoms with Gasteiger partial charge in [-0.05, 0) is 80.5 Å². The summed E-state index contributed by atoms with van der Waals surface area (Å²) in [5.41, 5.74) is 5.36. The topological polar surface area (TPSA) is 77.5 Å². The number of benzene rings is 3. The molecule has 0 aliphatic rings. The van der Waals surface area contributed by atoms with Crippen molar-refractivity contribution in [3.8, 4) is 0 Å². The lowest BCUT2D eigenvalue weighted by Crippen LogP contribution is -2.14. The Bertz CT molecular complexity index is 1310. The Labute approximate surface area is 208 Å². The molecule has 0 aliphatic heterocycles. The molecule has 2 unspecified atom stereocenters. The maximum absolute atomic E-state index is 14.3. The van der Waals surface area contributed by atoms with Crippen LogP contribution in [-0.2, 0) is 13.7 Å². The molecule has 0 bridgehead atoms. The second kappa shape index (κ2) is 10.9. The Hall–Kier alpha value is -2.71. The van der Waals surface area contributed by atoms with E-state index in [1.54, 1.807) is 32.0 Å². The molecule has 0 aromatic heterocycles. The van der Waals surface area contributed by atoms with E-state index in [2.05, 4.69) is 0 Å². The largest absolute Gasteiger partial charge is 0.572 e. The van der Waals surface area contributed by atoms with Crippen molar-refractivity contribution in [2.75, 3.05) is 6.61 Å². The molecule has 2 atom stereocenters. The zero-order valence-electron chi connectivity index (χ0n) is 21.0. The summed E-state index contributed by atoms with van der Waals surface area (Å²) < 4.78 is 33.2. The van der Waals surface area contributed by atoms with Gasteiger partial charge in [-0.15, -0.1) is 4.52 Å². The molecule has 0 amide bonds. The zero-order valence-corrected chi connectivity index (χ0v) is 22.8. The summed E-state index contributed by atoms with van der Waals surface area (Å²) >= 11 is 0. The molecule has 5 nitrogen and oxygen atoms in total. The number of carbonyl (C=O) groups excluding carboxylic acids is 2. The first kappa shape index (κ1) is 26.9. The number of hydrogen-bond acceptors (Lipinski definition) is 5. The van der Waals surface area contributed by atoms with Crippen LogP contribution in [0.3, 0.4) is 0 Å². The monoisotopic (exact) mass is 509 g/mol. The Morgan fingerprint density at radius 3 is 1.71 bits per heavy atom. The van der Waals surface area contributed by atoms with Crippen molar-refractivity contribution in [3.63, 3.8) is 0 Å². The van der Waals surface area contributed by atoms with Gasteiger partial charge in [0.05, 0.1) is 5.30 Å². The highest BCUT2D eigenvalue weighted by atomic mass is 32.1. The Kier molecular flexibility index (Phi) is 8.38. The summed E-state index contributed by atoms with van der Waals surface area (Å²) in [6, 6.07) is 15.7. The van der Waals surface area contributed by atoms with Crippen molar-refractivity contribution in [1.82, 2.24) is 0 Å². The van der Waals surface area contributed by atoms with Crippen molar-refractivity contribution in [2.45, 2.75) is 48.0 Å². The number of ketones is 1. The average molecular weight is 509 g/mol. The molecule has 0 N–H and O–H groups in total. The smallest absolute Gasteiger partial charge is 0.294 e. The molecule has 0 saturated carbocycles. The Balaban J connectivity index is 1.89. The predicted molar refractivity (Wildman–Crippen MR) is 142 cm³/mol. The molecule has 35 heavy (non-hydrogen) atoms. The molecule has 3 aromatic carbocycles. The Morgan fingerprint density at radius 2 is 1.23 bits per heavy atom. The first-order valence-corrected chi connectivity index (χ1v) is 15.1. The fourth-order valence-electron chi connectivity index (χ4n) is 4.63. The highest BCUT2D eigenvalue weighted by Gasteiger charge is 2.56. The molecule has 0 fully saturated rings. The number of Topliss-reactive ketones (excluding diaryl/α,β-unsaturated/α-hetero) is 1. The lowest BCUT2D eigenvalue weighted by Gasteiger charge is -2.13. The molecule has 0 radical (unpaired) electrons. The van der Waals surface area contributed by atoms with E-state index in [9.17, 15) is 18.7 Å². The van der Waals surface area contributed by atoms with Crippen molar-refractivity contribution >= 4 is 31.2 Å². The van der Waals surface area contributed by atoms with E-state index in [4.69, 9.17) is 4.52 Å². The minimum atomic E-state index is -4.17. The zero-order chi connectivity index (χ0) is 25.9. The van der Waals surface area contributed by atoms with E-state index in [1.165, 1.54) is 12.1 Å². The number of hydrogen-bond donors (Lipinski definition) is 0. The maximum atomic E-state index is 14.3. The van der Waals surface area contributed by atoms with Crippen LogP contribution in [0, 0.1) is 41.5 Å². The third kappa shape index (κ3) is 5.59. The third-order valence-electron chi connectivity index (χ3n) is 5.99. The quantitative estimate of drug-likeness (QED) is 0.223. The van der Waals surface area contributed by atoms with Gasteiger partial charge in [-0.25, -0.2) is 0 Å². The highest BCUT2D eigenvalue weighted by Crippen LogP contribution is 2.70. The van der Waals surface area contributed by atoms with Crippen LogP contribution in [0.15, 0.2) is 54.6 Å². The highest BCUT2D eigenvalue weighted by molar-refractivity contribution is 8.37. The minimum absolute atomic E-state index is 0.0304. The summed E-state index contributed by atoms with van der Waals surface area (Å²) in [6.07, 6.45) is -0.0304. The number of aryl methyl sites for hydroxylation is 6. The van der Waals surface area contributed by atoms with Gasteiger partial charge in [0.15, 0.2) is 5.78 Å². The molecule has 182 valence electrons. The minimum Gasteiger partial charge on any atom is -0.294 e. The van der Waals surface area contributed by atoms with Gasteiger partial charge in [0.2, 0.25) is 0 Å². The van der Waals surface area contributed by atoms with Crippen molar-refractivity contribution < 1.29 is 23.2 Å². The van der Waals surface area contributed by atoms with Gasteiger partial charge in [0.25, 0.3) is 5.52 Å². The summed E-state index contributed by atoms with van der Waals surface area (Å²) in [4.78, 5) is 26.6. The molecule has 3 rings (SSSR count). The van der Waals surface area contributed by atoms with E-state index in [1.807, 2.05) is 52.0 Å². The normalized spacial score (nSPS) is 13.3. The van der Waals surface area contributed by atoms with E-state index < -0.39 is 20.1 Å². The first-order chi connectivity index (χ1) is 16.5. The summed E-state index contributed by atoms with van der Waals surface area (Å²) in [6.45, 7) is 6.84.